The Hall–Kier alpha value is -0.570. The monoisotopic (exact) mass is 224 g/mol. The van der Waals surface area contributed by atoms with E-state index < -0.39 is 0 Å². The quantitative estimate of drug-likeness (QED) is 0.855. The Morgan fingerprint density at radius 1 is 1.40 bits per heavy atom. The van der Waals surface area contributed by atoms with Crippen molar-refractivity contribution < 1.29 is 0 Å². The van der Waals surface area contributed by atoms with Crippen LogP contribution in [0.4, 0.5) is 0 Å². The molecule has 2 nitrogen and oxygen atoms in total. The lowest BCUT2D eigenvalue weighted by molar-refractivity contribution is 0.246. The lowest BCUT2D eigenvalue weighted by Gasteiger charge is -2.30. The van der Waals surface area contributed by atoms with Crippen LogP contribution in [0.5, 0.6) is 0 Å². The van der Waals surface area contributed by atoms with Crippen LogP contribution in [0.15, 0.2) is 24.3 Å². The Balaban J connectivity index is 2.33. The van der Waals surface area contributed by atoms with Crippen LogP contribution in [-0.4, -0.2) is 24.5 Å². The van der Waals surface area contributed by atoms with E-state index in [4.69, 9.17) is 17.3 Å². The highest BCUT2D eigenvalue weighted by atomic mass is 35.5. The smallest absolute Gasteiger partial charge is 0.0523 e. The molecular weight excluding hydrogens is 208 g/mol. The third kappa shape index (κ3) is 2.17. The van der Waals surface area contributed by atoms with E-state index in [1.54, 1.807) is 0 Å². The van der Waals surface area contributed by atoms with E-state index in [0.29, 0.717) is 0 Å². The molecule has 15 heavy (non-hydrogen) atoms. The van der Waals surface area contributed by atoms with Crippen LogP contribution in [0.3, 0.4) is 0 Å². The Labute approximate surface area is 96.0 Å². The van der Waals surface area contributed by atoms with Gasteiger partial charge in [-0.25, -0.2) is 0 Å². The molecular formula is C12H17ClN2. The predicted molar refractivity (Wildman–Crippen MR) is 64.0 cm³/mol. The number of hydrogen-bond donors (Lipinski definition) is 1. The number of benzene rings is 1. The molecule has 0 radical (unpaired) electrons. The first-order valence-corrected chi connectivity index (χ1v) is 5.61. The van der Waals surface area contributed by atoms with Gasteiger partial charge in [0.05, 0.1) is 6.04 Å². The maximum Gasteiger partial charge on any atom is 0.0523 e. The largest absolute Gasteiger partial charge is 0.323 e. The average molecular weight is 225 g/mol. The maximum atomic E-state index is 6.29. The fourth-order valence-corrected chi connectivity index (χ4v) is 2.44. The second-order valence-electron chi connectivity index (χ2n) is 4.65. The van der Waals surface area contributed by atoms with Gasteiger partial charge in [-0.2, -0.15) is 0 Å². The molecule has 3 heteroatoms. The Kier molecular flexibility index (Phi) is 2.75. The van der Waals surface area contributed by atoms with Gasteiger partial charge in [0, 0.05) is 10.6 Å². The zero-order chi connectivity index (χ0) is 11.1. The molecule has 1 unspecified atom stereocenters. The molecule has 2 N–H and O–H groups in total. The van der Waals surface area contributed by atoms with Crippen LogP contribution < -0.4 is 5.73 Å². The number of halogens is 1. The molecule has 0 bridgehead atoms. The first kappa shape index (κ1) is 10.9. The van der Waals surface area contributed by atoms with Gasteiger partial charge in [0.15, 0.2) is 0 Å². The molecule has 0 amide bonds. The third-order valence-corrected chi connectivity index (χ3v) is 3.29. The van der Waals surface area contributed by atoms with Gasteiger partial charge >= 0.3 is 0 Å². The molecule has 1 aromatic carbocycles. The van der Waals surface area contributed by atoms with Crippen molar-refractivity contribution in [1.82, 2.24) is 4.90 Å². The number of nitrogens with zero attached hydrogens (tertiary/aromatic N) is 1. The predicted octanol–water partition coefficient (Wildman–Crippen LogP) is 2.43. The van der Waals surface area contributed by atoms with E-state index in [9.17, 15) is 0 Å². The standard InChI is InChI=1S/C12H17ClN2/c1-15(2)11(12(14)6-7-12)9-4-3-5-10(13)8-9/h3-5,8,11H,6-7,14H2,1-2H3. The van der Waals surface area contributed by atoms with Crippen LogP contribution >= 0.6 is 11.6 Å². The molecule has 1 saturated carbocycles. The third-order valence-electron chi connectivity index (χ3n) is 3.05. The van der Waals surface area contributed by atoms with Gasteiger partial charge in [0.25, 0.3) is 0 Å². The van der Waals surface area contributed by atoms with Gasteiger partial charge < -0.3 is 10.6 Å². The van der Waals surface area contributed by atoms with Crippen LogP contribution in [-0.2, 0) is 0 Å². The van der Waals surface area contributed by atoms with Gasteiger partial charge in [0.1, 0.15) is 0 Å². The molecule has 0 heterocycles. The van der Waals surface area contributed by atoms with Crippen molar-refractivity contribution in [2.45, 2.75) is 24.4 Å². The molecule has 1 aromatic rings. The minimum Gasteiger partial charge on any atom is -0.323 e. The molecule has 0 aromatic heterocycles. The van der Waals surface area contributed by atoms with E-state index in [2.05, 4.69) is 25.1 Å². The topological polar surface area (TPSA) is 29.3 Å². The summed E-state index contributed by atoms with van der Waals surface area (Å²) in [5, 5.41) is 0.781. The van der Waals surface area contributed by atoms with E-state index in [1.165, 1.54) is 5.56 Å². The second-order valence-corrected chi connectivity index (χ2v) is 5.09. The highest BCUT2D eigenvalue weighted by Gasteiger charge is 2.47. The van der Waals surface area contributed by atoms with Crippen molar-refractivity contribution in [1.29, 1.82) is 0 Å². The van der Waals surface area contributed by atoms with E-state index in [-0.39, 0.29) is 11.6 Å². The van der Waals surface area contributed by atoms with E-state index in [1.807, 2.05) is 18.2 Å². The van der Waals surface area contributed by atoms with Crippen molar-refractivity contribution in [2.24, 2.45) is 5.73 Å². The number of hydrogen-bond acceptors (Lipinski definition) is 2. The van der Waals surface area contributed by atoms with Crippen molar-refractivity contribution in [3.8, 4) is 0 Å². The van der Waals surface area contributed by atoms with E-state index in [0.717, 1.165) is 17.9 Å². The molecule has 82 valence electrons. The van der Waals surface area contributed by atoms with Gasteiger partial charge in [-0.1, -0.05) is 23.7 Å². The van der Waals surface area contributed by atoms with Crippen LogP contribution in [0.1, 0.15) is 24.4 Å². The summed E-state index contributed by atoms with van der Waals surface area (Å²) in [6.07, 6.45) is 2.20. The molecule has 0 spiro atoms. The van der Waals surface area contributed by atoms with E-state index >= 15 is 0 Å². The van der Waals surface area contributed by atoms with Crippen LogP contribution in [0.2, 0.25) is 5.02 Å². The normalized spacial score (nSPS) is 20.3. The summed E-state index contributed by atoms with van der Waals surface area (Å²) in [5.74, 6) is 0. The maximum absolute atomic E-state index is 6.29. The summed E-state index contributed by atoms with van der Waals surface area (Å²) in [4.78, 5) is 2.18. The summed E-state index contributed by atoms with van der Waals surface area (Å²) in [7, 11) is 4.14. The number of rotatable bonds is 3. The second kappa shape index (κ2) is 3.78. The highest BCUT2D eigenvalue weighted by molar-refractivity contribution is 6.30. The summed E-state index contributed by atoms with van der Waals surface area (Å²) in [5.41, 5.74) is 7.46. The summed E-state index contributed by atoms with van der Waals surface area (Å²) in [6.45, 7) is 0. The summed E-state index contributed by atoms with van der Waals surface area (Å²) in [6, 6.07) is 8.27. The Morgan fingerprint density at radius 2 is 2.07 bits per heavy atom. The molecule has 1 fully saturated rings. The molecule has 1 aliphatic rings. The average Bonchev–Trinajstić information content (AvgIpc) is 2.83. The lowest BCUT2D eigenvalue weighted by Crippen LogP contribution is -2.39. The molecule has 0 aliphatic heterocycles. The minimum atomic E-state index is -0.0474. The molecule has 1 atom stereocenters. The first-order chi connectivity index (χ1) is 7.03. The highest BCUT2D eigenvalue weighted by Crippen LogP contribution is 2.46. The molecule has 0 saturated heterocycles. The fourth-order valence-electron chi connectivity index (χ4n) is 2.24. The van der Waals surface area contributed by atoms with Crippen LogP contribution in [0.25, 0.3) is 0 Å². The first-order valence-electron chi connectivity index (χ1n) is 5.24. The van der Waals surface area contributed by atoms with Crippen molar-refractivity contribution >= 4 is 11.6 Å². The van der Waals surface area contributed by atoms with Crippen molar-refractivity contribution in [3.63, 3.8) is 0 Å². The Morgan fingerprint density at radius 3 is 2.53 bits per heavy atom. The Bertz CT molecular complexity index is 358. The molecule has 1 aliphatic carbocycles. The molecule has 2 rings (SSSR count). The van der Waals surface area contributed by atoms with Crippen LogP contribution in [0, 0.1) is 0 Å². The van der Waals surface area contributed by atoms with Gasteiger partial charge in [-0.15, -0.1) is 0 Å². The number of nitrogens with two attached hydrogens (primary N) is 1. The fraction of sp³-hybridized carbons (Fsp3) is 0.500. The van der Waals surface area contributed by atoms with Gasteiger partial charge in [0.2, 0.25) is 0 Å². The zero-order valence-corrected chi connectivity index (χ0v) is 9.96. The van der Waals surface area contributed by atoms with Gasteiger partial charge in [-0.05, 0) is 44.6 Å². The summed E-state index contributed by atoms with van der Waals surface area (Å²) < 4.78 is 0. The van der Waals surface area contributed by atoms with Crippen molar-refractivity contribution in [3.05, 3.63) is 34.9 Å². The number of likely N-dealkylation sites (N-methyl/N-ethyl adjacent to an activating group) is 1. The SMILES string of the molecule is CN(C)C(c1cccc(Cl)c1)C1(N)CC1. The minimum absolute atomic E-state index is 0.0474. The van der Waals surface area contributed by atoms with Crippen molar-refractivity contribution in [2.75, 3.05) is 14.1 Å². The summed E-state index contributed by atoms with van der Waals surface area (Å²) >= 11 is 6.00. The lowest BCUT2D eigenvalue weighted by atomic mass is 9.97. The van der Waals surface area contributed by atoms with Gasteiger partial charge in [-0.3, -0.25) is 0 Å². The zero-order valence-electron chi connectivity index (χ0n) is 9.20.